The molecule has 11 heteroatoms. The van der Waals surface area contributed by atoms with Crippen molar-refractivity contribution in [2.24, 2.45) is 0 Å². The maximum atomic E-state index is 12.5. The highest BCUT2D eigenvalue weighted by Gasteiger charge is 2.14. The van der Waals surface area contributed by atoms with Crippen LogP contribution in [0.3, 0.4) is 0 Å². The number of amides is 1. The fourth-order valence-corrected chi connectivity index (χ4v) is 3.86. The van der Waals surface area contributed by atoms with Crippen LogP contribution in [0.5, 0.6) is 0 Å². The number of carbonyl (C=O) groups excluding carboxylic acids is 1. The molecule has 1 heterocycles. The van der Waals surface area contributed by atoms with Crippen molar-refractivity contribution in [3.05, 3.63) is 63.7 Å². The van der Waals surface area contributed by atoms with E-state index in [2.05, 4.69) is 10.3 Å². The summed E-state index contributed by atoms with van der Waals surface area (Å²) in [5, 5.41) is 22.8. The molecule has 0 unspecified atom stereocenters. The average molecular weight is 432 g/mol. The topological polar surface area (TPSA) is 109 Å². The van der Waals surface area contributed by atoms with Crippen LogP contribution in [0, 0.1) is 21.4 Å². The lowest BCUT2D eigenvalue weighted by atomic mass is 10.1. The molecule has 0 aliphatic carbocycles. The zero-order valence-corrected chi connectivity index (χ0v) is 16.0. The molecule has 0 aliphatic heterocycles. The van der Waals surface area contributed by atoms with Gasteiger partial charge in [0.2, 0.25) is 0 Å². The van der Waals surface area contributed by atoms with Crippen LogP contribution in [0.25, 0.3) is 16.3 Å². The fraction of sp³-hybridized carbons (Fsp3) is 0.0556. The number of nitriles is 1. The van der Waals surface area contributed by atoms with Crippen LogP contribution >= 0.6 is 23.1 Å². The SMILES string of the molecule is N#C/C(=C\c1cccc([N+](=O)[O-])c1)C(=O)Nc1nc2ccc(SC(F)F)cc2s1. The van der Waals surface area contributed by atoms with Crippen molar-refractivity contribution >= 4 is 56.1 Å². The number of hydrogen-bond acceptors (Lipinski definition) is 7. The Kier molecular flexibility index (Phi) is 6.16. The van der Waals surface area contributed by atoms with Crippen LogP contribution in [0.1, 0.15) is 5.56 Å². The number of thioether (sulfide) groups is 1. The maximum Gasteiger partial charge on any atom is 0.288 e. The van der Waals surface area contributed by atoms with Gasteiger partial charge in [0.05, 0.1) is 15.1 Å². The number of benzene rings is 2. The number of nitrogens with zero attached hydrogens (tertiary/aromatic N) is 3. The van der Waals surface area contributed by atoms with Crippen LogP contribution < -0.4 is 5.32 Å². The third-order valence-electron chi connectivity index (χ3n) is 3.56. The minimum Gasteiger partial charge on any atom is -0.297 e. The van der Waals surface area contributed by atoms with E-state index in [9.17, 15) is 29.0 Å². The number of nitrogens with one attached hydrogen (secondary N) is 1. The lowest BCUT2D eigenvalue weighted by molar-refractivity contribution is -0.384. The predicted molar refractivity (Wildman–Crippen MR) is 107 cm³/mol. The minimum absolute atomic E-state index is 0.167. The van der Waals surface area contributed by atoms with E-state index in [1.807, 2.05) is 0 Å². The smallest absolute Gasteiger partial charge is 0.288 e. The van der Waals surface area contributed by atoms with Crippen LogP contribution in [0.2, 0.25) is 0 Å². The summed E-state index contributed by atoms with van der Waals surface area (Å²) >= 11 is 1.49. The van der Waals surface area contributed by atoms with Crippen molar-refractivity contribution in [3.8, 4) is 6.07 Å². The molecule has 1 aromatic heterocycles. The van der Waals surface area contributed by atoms with Gasteiger partial charge in [-0.1, -0.05) is 35.2 Å². The Morgan fingerprint density at radius 1 is 1.34 bits per heavy atom. The van der Waals surface area contributed by atoms with Gasteiger partial charge in [0.1, 0.15) is 11.6 Å². The van der Waals surface area contributed by atoms with Gasteiger partial charge in [-0.25, -0.2) is 4.98 Å². The molecule has 3 rings (SSSR count). The number of alkyl halides is 2. The van der Waals surface area contributed by atoms with Gasteiger partial charge >= 0.3 is 0 Å². The first kappa shape index (κ1) is 20.4. The molecule has 0 fully saturated rings. The maximum absolute atomic E-state index is 12.5. The van der Waals surface area contributed by atoms with Gasteiger partial charge in [-0.15, -0.1) is 0 Å². The summed E-state index contributed by atoms with van der Waals surface area (Å²) in [5.74, 6) is -3.28. The highest BCUT2D eigenvalue weighted by Crippen LogP contribution is 2.32. The lowest BCUT2D eigenvalue weighted by Gasteiger charge is -2.00. The van der Waals surface area contributed by atoms with E-state index in [0.717, 1.165) is 11.3 Å². The molecule has 3 aromatic rings. The first-order valence-electron chi connectivity index (χ1n) is 7.88. The Bertz CT molecular complexity index is 1170. The molecular formula is C18H10F2N4O3S2. The Morgan fingerprint density at radius 3 is 2.83 bits per heavy atom. The van der Waals surface area contributed by atoms with Crippen LogP contribution in [-0.2, 0) is 4.79 Å². The number of thiazole rings is 1. The summed E-state index contributed by atoms with van der Waals surface area (Å²) in [6, 6.07) is 11.9. The van der Waals surface area contributed by atoms with Crippen molar-refractivity contribution in [1.82, 2.24) is 4.98 Å². The van der Waals surface area contributed by atoms with Crippen molar-refractivity contribution < 1.29 is 18.5 Å². The number of aromatic nitrogens is 1. The number of non-ortho nitro benzene ring substituents is 1. The molecule has 2 aromatic carbocycles. The van der Waals surface area contributed by atoms with Crippen LogP contribution in [-0.4, -0.2) is 21.6 Å². The van der Waals surface area contributed by atoms with E-state index >= 15 is 0 Å². The monoisotopic (exact) mass is 432 g/mol. The summed E-state index contributed by atoms with van der Waals surface area (Å²) in [7, 11) is 0. The molecule has 0 aliphatic rings. The highest BCUT2D eigenvalue weighted by molar-refractivity contribution is 7.99. The third-order valence-corrected chi connectivity index (χ3v) is 5.20. The van der Waals surface area contributed by atoms with E-state index in [-0.39, 0.29) is 16.4 Å². The fourth-order valence-electron chi connectivity index (χ4n) is 2.34. The predicted octanol–water partition coefficient (Wildman–Crippen LogP) is 5.06. The Morgan fingerprint density at radius 2 is 2.14 bits per heavy atom. The van der Waals surface area contributed by atoms with E-state index < -0.39 is 16.6 Å². The zero-order valence-electron chi connectivity index (χ0n) is 14.3. The summed E-state index contributed by atoms with van der Waals surface area (Å²) in [5.41, 5.74) is 0.410. The van der Waals surface area contributed by atoms with Gasteiger partial charge in [-0.2, -0.15) is 14.0 Å². The number of nitro groups is 1. The average Bonchev–Trinajstić information content (AvgIpc) is 3.07. The van der Waals surface area contributed by atoms with E-state index in [1.54, 1.807) is 18.2 Å². The van der Waals surface area contributed by atoms with Gasteiger partial charge < -0.3 is 0 Å². The largest absolute Gasteiger partial charge is 0.297 e. The quantitative estimate of drug-likeness (QED) is 0.192. The van der Waals surface area contributed by atoms with Crippen LogP contribution in [0.4, 0.5) is 19.6 Å². The number of carbonyl (C=O) groups is 1. The second kappa shape index (κ2) is 8.76. The Balaban J connectivity index is 1.81. The summed E-state index contributed by atoms with van der Waals surface area (Å²) in [6.45, 7) is 0. The molecule has 0 radical (unpaired) electrons. The first-order valence-corrected chi connectivity index (χ1v) is 9.58. The number of anilines is 1. The van der Waals surface area contributed by atoms with Crippen LogP contribution in [0.15, 0.2) is 52.9 Å². The molecule has 146 valence electrons. The Labute approximate surface area is 170 Å². The first-order chi connectivity index (χ1) is 13.9. The molecule has 0 bridgehead atoms. The van der Waals surface area contributed by atoms with Gasteiger partial charge in [-0.3, -0.25) is 20.2 Å². The van der Waals surface area contributed by atoms with E-state index in [0.29, 0.717) is 32.4 Å². The zero-order chi connectivity index (χ0) is 21.0. The standard InChI is InChI=1S/C18H10F2N4O3S2/c19-17(20)28-13-4-5-14-15(8-13)29-18(22-14)23-16(25)11(9-21)6-10-2-1-3-12(7-10)24(26)27/h1-8,17H,(H,22,23,25)/b11-6+. The molecule has 29 heavy (non-hydrogen) atoms. The molecule has 7 nitrogen and oxygen atoms in total. The van der Waals surface area contributed by atoms with Gasteiger partial charge in [0.25, 0.3) is 17.4 Å². The van der Waals surface area contributed by atoms with Gasteiger partial charge in [0.15, 0.2) is 5.13 Å². The van der Waals surface area contributed by atoms with Gasteiger partial charge in [0, 0.05) is 17.0 Å². The number of hydrogen-bond donors (Lipinski definition) is 1. The number of halogens is 2. The van der Waals surface area contributed by atoms with E-state index in [4.69, 9.17) is 0 Å². The number of fused-ring (bicyclic) bond motifs is 1. The molecular weight excluding hydrogens is 422 g/mol. The van der Waals surface area contributed by atoms with E-state index in [1.165, 1.54) is 36.4 Å². The minimum atomic E-state index is -2.54. The molecule has 0 atom stereocenters. The molecule has 1 amide bonds. The molecule has 0 saturated carbocycles. The number of rotatable bonds is 6. The highest BCUT2D eigenvalue weighted by atomic mass is 32.2. The van der Waals surface area contributed by atoms with Crippen molar-refractivity contribution in [2.75, 3.05) is 5.32 Å². The number of nitro benzene ring substituents is 1. The lowest BCUT2D eigenvalue weighted by Crippen LogP contribution is -2.13. The molecule has 0 spiro atoms. The molecule has 0 saturated heterocycles. The summed E-state index contributed by atoms with van der Waals surface area (Å²) in [4.78, 5) is 27.2. The Hall–Kier alpha value is -3.36. The second-order valence-electron chi connectivity index (χ2n) is 5.50. The van der Waals surface area contributed by atoms with Crippen molar-refractivity contribution in [2.45, 2.75) is 10.7 Å². The summed E-state index contributed by atoms with van der Waals surface area (Å²) in [6.07, 6.45) is 1.23. The van der Waals surface area contributed by atoms with Gasteiger partial charge in [-0.05, 0) is 29.8 Å². The molecule has 1 N–H and O–H groups in total. The second-order valence-corrected chi connectivity index (χ2v) is 7.60. The van der Waals surface area contributed by atoms with Crippen molar-refractivity contribution in [1.29, 1.82) is 5.26 Å². The summed E-state index contributed by atoms with van der Waals surface area (Å²) < 4.78 is 25.6. The normalized spacial score (nSPS) is 11.4. The van der Waals surface area contributed by atoms with Crippen molar-refractivity contribution in [3.63, 3.8) is 0 Å². The third kappa shape index (κ3) is 5.13.